The second-order valence-corrected chi connectivity index (χ2v) is 7.42. The smallest absolute Gasteiger partial charge is 0.287 e. The molecular formula is C21H21NO5S. The highest BCUT2D eigenvalue weighted by Crippen LogP contribution is 2.18. The van der Waals surface area contributed by atoms with Crippen LogP contribution in [0.1, 0.15) is 21.9 Å². The van der Waals surface area contributed by atoms with Gasteiger partial charge in [-0.1, -0.05) is 12.1 Å². The van der Waals surface area contributed by atoms with E-state index in [4.69, 9.17) is 13.9 Å². The zero-order chi connectivity index (χ0) is 19.9. The summed E-state index contributed by atoms with van der Waals surface area (Å²) < 4.78 is 28.3. The SMILES string of the molecule is COc1ccc([S@@](=O)Cc2ccc(C(=O)NCc3cccc(OC)c3)o2)cc1. The van der Waals surface area contributed by atoms with E-state index in [1.807, 2.05) is 24.3 Å². The number of rotatable bonds is 8. The number of furan rings is 1. The summed E-state index contributed by atoms with van der Waals surface area (Å²) in [6, 6.07) is 17.7. The average Bonchev–Trinajstić information content (AvgIpc) is 3.20. The highest BCUT2D eigenvalue weighted by atomic mass is 32.2. The molecule has 0 spiro atoms. The molecule has 0 aliphatic rings. The van der Waals surface area contributed by atoms with E-state index < -0.39 is 10.8 Å². The fourth-order valence-corrected chi connectivity index (χ4v) is 3.59. The summed E-state index contributed by atoms with van der Waals surface area (Å²) in [6.07, 6.45) is 0. The Labute approximate surface area is 165 Å². The number of amides is 1. The van der Waals surface area contributed by atoms with Crippen LogP contribution in [0.25, 0.3) is 0 Å². The van der Waals surface area contributed by atoms with Gasteiger partial charge in [-0.2, -0.15) is 0 Å². The molecule has 3 rings (SSSR count). The van der Waals surface area contributed by atoms with Crippen LogP contribution in [-0.4, -0.2) is 24.3 Å². The third-order valence-electron chi connectivity index (χ3n) is 4.07. The first-order valence-electron chi connectivity index (χ1n) is 8.61. The number of ether oxygens (including phenoxy) is 2. The summed E-state index contributed by atoms with van der Waals surface area (Å²) in [4.78, 5) is 13.0. The Bertz CT molecular complexity index is 965. The van der Waals surface area contributed by atoms with Gasteiger partial charge < -0.3 is 19.2 Å². The summed E-state index contributed by atoms with van der Waals surface area (Å²) in [7, 11) is 1.90. The molecule has 6 nitrogen and oxygen atoms in total. The first-order chi connectivity index (χ1) is 13.6. The van der Waals surface area contributed by atoms with Gasteiger partial charge in [0, 0.05) is 11.4 Å². The van der Waals surface area contributed by atoms with Crippen LogP contribution in [0.2, 0.25) is 0 Å². The molecule has 0 saturated carbocycles. The summed E-state index contributed by atoms with van der Waals surface area (Å²) in [6.45, 7) is 0.351. The normalized spacial score (nSPS) is 11.6. The lowest BCUT2D eigenvalue weighted by Gasteiger charge is -2.06. The second kappa shape index (κ2) is 9.23. The second-order valence-electron chi connectivity index (χ2n) is 5.97. The number of methoxy groups -OCH3 is 2. The number of benzene rings is 2. The Hall–Kier alpha value is -3.06. The van der Waals surface area contributed by atoms with Gasteiger partial charge >= 0.3 is 0 Å². The summed E-state index contributed by atoms with van der Waals surface area (Å²) in [5.74, 6) is 1.96. The number of hydrogen-bond donors (Lipinski definition) is 1. The van der Waals surface area contributed by atoms with E-state index in [-0.39, 0.29) is 17.4 Å². The van der Waals surface area contributed by atoms with Crippen molar-refractivity contribution in [3.05, 3.63) is 77.7 Å². The monoisotopic (exact) mass is 399 g/mol. The predicted octanol–water partition coefficient (Wildman–Crippen LogP) is 3.53. The maximum atomic E-state index is 12.5. The summed E-state index contributed by atoms with van der Waals surface area (Å²) in [5, 5.41) is 2.80. The van der Waals surface area contributed by atoms with Crippen LogP contribution in [0, 0.1) is 0 Å². The molecule has 1 amide bonds. The molecule has 28 heavy (non-hydrogen) atoms. The molecule has 0 radical (unpaired) electrons. The molecule has 0 bridgehead atoms. The van der Waals surface area contributed by atoms with Crippen molar-refractivity contribution in [2.45, 2.75) is 17.2 Å². The molecule has 1 N–H and O–H groups in total. The predicted molar refractivity (Wildman–Crippen MR) is 106 cm³/mol. The van der Waals surface area contributed by atoms with E-state index in [0.29, 0.717) is 22.9 Å². The van der Waals surface area contributed by atoms with Gasteiger partial charge in [0.25, 0.3) is 5.91 Å². The summed E-state index contributed by atoms with van der Waals surface area (Å²) in [5.41, 5.74) is 0.917. The van der Waals surface area contributed by atoms with Crippen molar-refractivity contribution in [1.82, 2.24) is 5.32 Å². The molecule has 0 aliphatic carbocycles. The van der Waals surface area contributed by atoms with Crippen LogP contribution < -0.4 is 14.8 Å². The molecule has 0 unspecified atom stereocenters. The molecule has 1 aromatic heterocycles. The maximum absolute atomic E-state index is 12.5. The van der Waals surface area contributed by atoms with E-state index in [0.717, 1.165) is 11.3 Å². The van der Waals surface area contributed by atoms with Crippen LogP contribution in [0.4, 0.5) is 0 Å². The molecule has 3 aromatic rings. The molecular weight excluding hydrogens is 378 g/mol. The minimum absolute atomic E-state index is 0.185. The highest BCUT2D eigenvalue weighted by Gasteiger charge is 2.14. The third kappa shape index (κ3) is 5.01. The highest BCUT2D eigenvalue weighted by molar-refractivity contribution is 7.84. The van der Waals surface area contributed by atoms with Crippen LogP contribution >= 0.6 is 0 Å². The van der Waals surface area contributed by atoms with Crippen molar-refractivity contribution in [2.24, 2.45) is 0 Å². The third-order valence-corrected chi connectivity index (χ3v) is 5.41. The van der Waals surface area contributed by atoms with Gasteiger partial charge in [-0.15, -0.1) is 0 Å². The molecule has 1 atom stereocenters. The fraction of sp³-hybridized carbons (Fsp3) is 0.190. The zero-order valence-electron chi connectivity index (χ0n) is 15.6. The van der Waals surface area contributed by atoms with Gasteiger partial charge in [0.1, 0.15) is 17.3 Å². The van der Waals surface area contributed by atoms with E-state index in [1.54, 1.807) is 50.6 Å². The number of hydrogen-bond acceptors (Lipinski definition) is 5. The van der Waals surface area contributed by atoms with Gasteiger partial charge in [0.05, 0.1) is 30.8 Å². The van der Waals surface area contributed by atoms with Crippen molar-refractivity contribution >= 4 is 16.7 Å². The van der Waals surface area contributed by atoms with Crippen molar-refractivity contribution in [3.63, 3.8) is 0 Å². The van der Waals surface area contributed by atoms with Gasteiger partial charge in [-0.3, -0.25) is 9.00 Å². The van der Waals surface area contributed by atoms with Crippen LogP contribution in [0.15, 0.2) is 70.0 Å². The Balaban J connectivity index is 1.57. The number of carbonyl (C=O) groups is 1. The van der Waals surface area contributed by atoms with Gasteiger partial charge in [0.15, 0.2) is 5.76 Å². The van der Waals surface area contributed by atoms with Crippen LogP contribution in [0.5, 0.6) is 11.5 Å². The first-order valence-corrected chi connectivity index (χ1v) is 9.93. The van der Waals surface area contributed by atoms with Gasteiger partial charge in [-0.05, 0) is 54.1 Å². The standard InChI is InChI=1S/C21H21NO5S/c1-25-16-6-9-19(10-7-16)28(24)14-18-8-11-20(27-18)21(23)22-13-15-4-3-5-17(12-15)26-2/h3-12H,13-14H2,1-2H3,(H,22,23)/t28-/m0/s1. The molecule has 2 aromatic carbocycles. The Morgan fingerprint density at radius 2 is 1.75 bits per heavy atom. The van der Waals surface area contributed by atoms with Crippen molar-refractivity contribution in [2.75, 3.05) is 14.2 Å². The maximum Gasteiger partial charge on any atom is 0.287 e. The minimum Gasteiger partial charge on any atom is -0.497 e. The Morgan fingerprint density at radius 1 is 1.00 bits per heavy atom. The van der Waals surface area contributed by atoms with E-state index in [2.05, 4.69) is 5.32 Å². The lowest BCUT2D eigenvalue weighted by molar-refractivity contribution is 0.0921. The molecule has 0 saturated heterocycles. The minimum atomic E-state index is -1.28. The van der Waals surface area contributed by atoms with Crippen LogP contribution in [-0.2, 0) is 23.1 Å². The van der Waals surface area contributed by atoms with E-state index in [1.165, 1.54) is 0 Å². The Morgan fingerprint density at radius 3 is 2.46 bits per heavy atom. The van der Waals surface area contributed by atoms with E-state index >= 15 is 0 Å². The van der Waals surface area contributed by atoms with Gasteiger partial charge in [-0.25, -0.2) is 0 Å². The number of nitrogens with one attached hydrogen (secondary N) is 1. The lowest BCUT2D eigenvalue weighted by atomic mass is 10.2. The quantitative estimate of drug-likeness (QED) is 0.627. The largest absolute Gasteiger partial charge is 0.497 e. The first kappa shape index (κ1) is 19.7. The molecule has 0 fully saturated rings. The Kier molecular flexibility index (Phi) is 6.49. The molecule has 7 heteroatoms. The van der Waals surface area contributed by atoms with Crippen molar-refractivity contribution < 1.29 is 22.9 Å². The van der Waals surface area contributed by atoms with Gasteiger partial charge in [0.2, 0.25) is 0 Å². The molecule has 0 aliphatic heterocycles. The number of carbonyl (C=O) groups excluding carboxylic acids is 1. The van der Waals surface area contributed by atoms with Crippen molar-refractivity contribution in [3.8, 4) is 11.5 Å². The van der Waals surface area contributed by atoms with Crippen molar-refractivity contribution in [1.29, 1.82) is 0 Å². The topological polar surface area (TPSA) is 77.8 Å². The molecule has 146 valence electrons. The van der Waals surface area contributed by atoms with E-state index in [9.17, 15) is 9.00 Å². The zero-order valence-corrected chi connectivity index (χ0v) is 16.5. The average molecular weight is 399 g/mol. The van der Waals surface area contributed by atoms with Crippen LogP contribution in [0.3, 0.4) is 0 Å². The molecule has 1 heterocycles. The fourth-order valence-electron chi connectivity index (χ4n) is 2.57. The summed E-state index contributed by atoms with van der Waals surface area (Å²) >= 11 is 0. The lowest BCUT2D eigenvalue weighted by Crippen LogP contribution is -2.22.